The molecule has 8 heteroatoms. The molecule has 0 radical (unpaired) electrons. The van der Waals surface area contributed by atoms with Gasteiger partial charge in [-0.05, 0) is 32.0 Å². The van der Waals surface area contributed by atoms with Crippen molar-refractivity contribution < 1.29 is 15.0 Å². The van der Waals surface area contributed by atoms with Gasteiger partial charge in [-0.2, -0.15) is 0 Å². The van der Waals surface area contributed by atoms with Crippen molar-refractivity contribution in [2.24, 2.45) is 0 Å². The molecule has 1 fully saturated rings. The molecule has 0 aromatic heterocycles. The number of aromatic hydroxyl groups is 2. The van der Waals surface area contributed by atoms with Gasteiger partial charge in [0.25, 0.3) is 5.91 Å². The molecule has 1 saturated heterocycles. The van der Waals surface area contributed by atoms with Gasteiger partial charge in [-0.25, -0.2) is 0 Å². The van der Waals surface area contributed by atoms with Crippen molar-refractivity contribution in [1.29, 1.82) is 0 Å². The maximum Gasteiger partial charge on any atom is 0.259 e. The Morgan fingerprint density at radius 2 is 1.95 bits per heavy atom. The summed E-state index contributed by atoms with van der Waals surface area (Å²) < 4.78 is 0. The Morgan fingerprint density at radius 1 is 1.36 bits per heavy atom. The SMILES string of the molecule is Br.CCN1CCC[C@@H]1CNC(=O)c1c(O)c(Cl)cc(Cl)c1O. The maximum absolute atomic E-state index is 12.2. The number of likely N-dealkylation sites (tertiary alicyclic amines) is 1. The number of carbonyl (C=O) groups is 1. The number of rotatable bonds is 4. The summed E-state index contributed by atoms with van der Waals surface area (Å²) in [5, 5.41) is 22.3. The molecule has 0 aliphatic carbocycles. The van der Waals surface area contributed by atoms with E-state index in [-0.39, 0.29) is 38.6 Å². The van der Waals surface area contributed by atoms with Crippen LogP contribution in [-0.4, -0.2) is 46.7 Å². The maximum atomic E-state index is 12.2. The van der Waals surface area contributed by atoms with E-state index in [1.54, 1.807) is 0 Å². The van der Waals surface area contributed by atoms with Crippen LogP contribution in [0.4, 0.5) is 0 Å². The number of halogens is 3. The van der Waals surface area contributed by atoms with Gasteiger partial charge in [-0.15, -0.1) is 17.0 Å². The number of benzene rings is 1. The van der Waals surface area contributed by atoms with Crippen LogP contribution in [0.2, 0.25) is 10.0 Å². The van der Waals surface area contributed by atoms with Crippen LogP contribution < -0.4 is 5.32 Å². The van der Waals surface area contributed by atoms with Crippen LogP contribution in [0, 0.1) is 0 Å². The minimum absolute atomic E-state index is 0. The lowest BCUT2D eigenvalue weighted by atomic mass is 10.1. The topological polar surface area (TPSA) is 72.8 Å². The molecule has 1 aromatic carbocycles. The first-order valence-corrected chi connectivity index (χ1v) is 7.63. The Labute approximate surface area is 150 Å². The third-order valence-electron chi connectivity index (χ3n) is 3.81. The number of hydrogen-bond acceptors (Lipinski definition) is 4. The minimum atomic E-state index is -0.586. The molecule has 1 aliphatic heterocycles. The van der Waals surface area contributed by atoms with Crippen molar-refractivity contribution in [2.45, 2.75) is 25.8 Å². The average Bonchev–Trinajstić information content (AvgIpc) is 2.90. The normalized spacial score (nSPS) is 18.0. The van der Waals surface area contributed by atoms with Crippen LogP contribution in [0.3, 0.4) is 0 Å². The summed E-state index contributed by atoms with van der Waals surface area (Å²) in [7, 11) is 0. The molecule has 5 nitrogen and oxygen atoms in total. The number of carbonyl (C=O) groups excluding carboxylic acids is 1. The molecule has 1 atom stereocenters. The second kappa shape index (κ2) is 8.24. The molecule has 3 N–H and O–H groups in total. The molecule has 124 valence electrons. The van der Waals surface area contributed by atoms with Gasteiger partial charge in [0.05, 0.1) is 10.0 Å². The van der Waals surface area contributed by atoms with Crippen molar-refractivity contribution in [3.8, 4) is 11.5 Å². The predicted molar refractivity (Wildman–Crippen MR) is 92.7 cm³/mol. The fourth-order valence-corrected chi connectivity index (χ4v) is 3.12. The van der Waals surface area contributed by atoms with Gasteiger partial charge in [-0.3, -0.25) is 9.69 Å². The third kappa shape index (κ3) is 3.98. The largest absolute Gasteiger partial charge is 0.505 e. The number of amides is 1. The molecule has 0 bridgehead atoms. The Bertz CT molecular complexity index is 531. The highest BCUT2D eigenvalue weighted by atomic mass is 79.9. The molecule has 1 aromatic rings. The van der Waals surface area contributed by atoms with Crippen LogP contribution >= 0.6 is 40.2 Å². The summed E-state index contributed by atoms with van der Waals surface area (Å²) in [6, 6.07) is 1.47. The summed E-state index contributed by atoms with van der Waals surface area (Å²) in [6.07, 6.45) is 2.12. The molecule has 0 spiro atoms. The summed E-state index contributed by atoms with van der Waals surface area (Å²) >= 11 is 11.5. The van der Waals surface area contributed by atoms with E-state index >= 15 is 0 Å². The van der Waals surface area contributed by atoms with Gasteiger partial charge in [0.1, 0.15) is 5.56 Å². The predicted octanol–water partition coefficient (Wildman–Crippen LogP) is 3.20. The smallest absolute Gasteiger partial charge is 0.259 e. The molecule has 1 amide bonds. The Kier molecular flexibility index (Phi) is 7.25. The molecule has 0 saturated carbocycles. The fourth-order valence-electron chi connectivity index (χ4n) is 2.66. The monoisotopic (exact) mass is 412 g/mol. The molecular formula is C14H19BrCl2N2O3. The van der Waals surface area contributed by atoms with E-state index in [1.807, 2.05) is 0 Å². The highest BCUT2D eigenvalue weighted by molar-refractivity contribution is 8.93. The second-order valence-electron chi connectivity index (χ2n) is 5.05. The van der Waals surface area contributed by atoms with Crippen LogP contribution in [-0.2, 0) is 0 Å². The number of hydrogen-bond donors (Lipinski definition) is 3. The molecule has 1 aliphatic rings. The van der Waals surface area contributed by atoms with Crippen molar-refractivity contribution in [3.63, 3.8) is 0 Å². The van der Waals surface area contributed by atoms with Gasteiger partial charge in [0.15, 0.2) is 11.5 Å². The van der Waals surface area contributed by atoms with Gasteiger partial charge in [0, 0.05) is 12.6 Å². The Morgan fingerprint density at radius 3 is 2.50 bits per heavy atom. The van der Waals surface area contributed by atoms with Crippen molar-refractivity contribution in [2.75, 3.05) is 19.6 Å². The van der Waals surface area contributed by atoms with E-state index in [0.717, 1.165) is 25.9 Å². The number of nitrogens with zero attached hydrogens (tertiary/aromatic N) is 1. The first-order chi connectivity index (χ1) is 9.95. The van der Waals surface area contributed by atoms with Crippen molar-refractivity contribution >= 4 is 46.1 Å². The van der Waals surface area contributed by atoms with Crippen molar-refractivity contribution in [3.05, 3.63) is 21.7 Å². The number of phenols is 2. The third-order valence-corrected chi connectivity index (χ3v) is 4.39. The van der Waals surface area contributed by atoms with Gasteiger partial charge >= 0.3 is 0 Å². The van der Waals surface area contributed by atoms with Gasteiger partial charge in [-0.1, -0.05) is 30.1 Å². The molecule has 2 rings (SSSR count). The van der Waals surface area contributed by atoms with E-state index < -0.39 is 17.4 Å². The number of likely N-dealkylation sites (N-methyl/N-ethyl adjacent to an activating group) is 1. The zero-order valence-electron chi connectivity index (χ0n) is 12.1. The summed E-state index contributed by atoms with van der Waals surface area (Å²) in [5.41, 5.74) is -0.284. The summed E-state index contributed by atoms with van der Waals surface area (Å²) in [5.74, 6) is -1.51. The molecule has 1 heterocycles. The first-order valence-electron chi connectivity index (χ1n) is 6.87. The Balaban J connectivity index is 0.00000242. The average molecular weight is 414 g/mol. The molecule has 22 heavy (non-hydrogen) atoms. The van der Waals surface area contributed by atoms with E-state index in [0.29, 0.717) is 6.54 Å². The standard InChI is InChI=1S/C14H18Cl2N2O3.BrH/c1-2-18-5-3-4-8(18)7-17-14(21)11-12(19)9(15)6-10(16)13(11)20;/h6,8,19-20H,2-5,7H2,1H3,(H,17,21);1H/t8-;/m1./s1. The number of phenolic OH excluding ortho intramolecular Hbond substituents is 2. The lowest BCUT2D eigenvalue weighted by Crippen LogP contribution is -2.40. The highest BCUT2D eigenvalue weighted by Crippen LogP contribution is 2.39. The van der Waals surface area contributed by atoms with E-state index in [1.165, 1.54) is 6.07 Å². The van der Waals surface area contributed by atoms with Gasteiger partial charge in [0.2, 0.25) is 0 Å². The zero-order chi connectivity index (χ0) is 15.6. The molecule has 0 unspecified atom stereocenters. The minimum Gasteiger partial charge on any atom is -0.505 e. The van der Waals surface area contributed by atoms with Crippen LogP contribution in [0.5, 0.6) is 11.5 Å². The van der Waals surface area contributed by atoms with E-state index in [9.17, 15) is 15.0 Å². The number of nitrogens with one attached hydrogen (secondary N) is 1. The van der Waals surface area contributed by atoms with Crippen LogP contribution in [0.25, 0.3) is 0 Å². The van der Waals surface area contributed by atoms with Crippen LogP contribution in [0.15, 0.2) is 6.07 Å². The van der Waals surface area contributed by atoms with Crippen LogP contribution in [0.1, 0.15) is 30.1 Å². The lowest BCUT2D eigenvalue weighted by molar-refractivity contribution is 0.0936. The molecular weight excluding hydrogens is 395 g/mol. The van der Waals surface area contributed by atoms with Gasteiger partial charge < -0.3 is 15.5 Å². The quantitative estimate of drug-likeness (QED) is 0.708. The summed E-state index contributed by atoms with van der Waals surface area (Å²) in [6.45, 7) is 4.49. The second-order valence-corrected chi connectivity index (χ2v) is 5.86. The van der Waals surface area contributed by atoms with Crippen molar-refractivity contribution in [1.82, 2.24) is 10.2 Å². The van der Waals surface area contributed by atoms with E-state index in [4.69, 9.17) is 23.2 Å². The zero-order valence-corrected chi connectivity index (χ0v) is 15.3. The summed E-state index contributed by atoms with van der Waals surface area (Å²) in [4.78, 5) is 14.5. The highest BCUT2D eigenvalue weighted by Gasteiger charge is 2.26. The first kappa shape index (κ1) is 19.4. The lowest BCUT2D eigenvalue weighted by Gasteiger charge is -2.23. The fraction of sp³-hybridized carbons (Fsp3) is 0.500. The Hall–Kier alpha value is -0.690. The van der Waals surface area contributed by atoms with E-state index in [2.05, 4.69) is 17.1 Å².